The van der Waals surface area contributed by atoms with E-state index in [2.05, 4.69) is 48.2 Å². The van der Waals surface area contributed by atoms with Crippen LogP contribution in [0, 0.1) is 6.92 Å². The highest BCUT2D eigenvalue weighted by atomic mass is 32.1. The van der Waals surface area contributed by atoms with Gasteiger partial charge in [-0.3, -0.25) is 5.10 Å². The Balaban J connectivity index is 0.000000336. The Kier molecular flexibility index (Phi) is 3.13. The number of H-pyrrole nitrogens is 1. The first-order valence-corrected chi connectivity index (χ1v) is 3.86. The van der Waals surface area contributed by atoms with E-state index in [4.69, 9.17) is 4.55 Å². The van der Waals surface area contributed by atoms with Gasteiger partial charge in [-0.25, -0.2) is 0 Å². The smallest absolute Gasteiger partial charge is 0.0652 e. The van der Waals surface area contributed by atoms with Gasteiger partial charge in [-0.05, 0) is 31.5 Å². The van der Waals surface area contributed by atoms with Crippen LogP contribution in [0.5, 0.6) is 0 Å². The molecule has 2 rings (SSSR count). The third-order valence-electron chi connectivity index (χ3n) is 1.60. The molecule has 0 atom stereocenters. The number of hydrogen-bond donors (Lipinski definition) is 3. The molecule has 2 N–H and O–H groups in total. The number of thiol groups is 1. The molecule has 1 aromatic carbocycles. The van der Waals surface area contributed by atoms with Crippen LogP contribution in [0.1, 0.15) is 5.56 Å². The molecule has 0 saturated heterocycles. The van der Waals surface area contributed by atoms with Crippen molar-refractivity contribution in [2.24, 2.45) is 0 Å². The molecule has 0 unspecified atom stereocenters. The zero-order valence-electron chi connectivity index (χ0n) is 6.65. The van der Waals surface area contributed by atoms with Gasteiger partial charge in [-0.1, -0.05) is 12.1 Å². The molecule has 1 heterocycles. The lowest BCUT2D eigenvalue weighted by molar-refractivity contribution is 0.679. The Hall–Kier alpha value is -1.00. The predicted octanol–water partition coefficient (Wildman–Crippen LogP) is 2.26. The highest BCUT2D eigenvalue weighted by molar-refractivity contribution is 7.74. The summed E-state index contributed by atoms with van der Waals surface area (Å²) in [5, 5.41) is 8.00. The Morgan fingerprint density at radius 2 is 2.17 bits per heavy atom. The van der Waals surface area contributed by atoms with E-state index in [9.17, 15) is 0 Å². The zero-order chi connectivity index (χ0) is 8.97. The maximum Gasteiger partial charge on any atom is 0.0652 e. The number of nitrogens with one attached hydrogen (secondary N) is 1. The van der Waals surface area contributed by atoms with Crippen LogP contribution in [0.4, 0.5) is 0 Å². The molecule has 0 aliphatic carbocycles. The summed E-state index contributed by atoms with van der Waals surface area (Å²) in [5.41, 5.74) is 2.37. The second kappa shape index (κ2) is 4.13. The predicted molar refractivity (Wildman–Crippen MR) is 52.4 cm³/mol. The van der Waals surface area contributed by atoms with Crippen molar-refractivity contribution in [1.82, 2.24) is 10.2 Å². The van der Waals surface area contributed by atoms with Crippen molar-refractivity contribution >= 4 is 23.8 Å². The Bertz CT molecular complexity index is 359. The molecule has 0 radical (unpaired) electrons. The van der Waals surface area contributed by atoms with Gasteiger partial charge in [0, 0.05) is 5.39 Å². The summed E-state index contributed by atoms with van der Waals surface area (Å²) in [4.78, 5) is 0. The minimum absolute atomic E-state index is 1.11. The van der Waals surface area contributed by atoms with Crippen LogP contribution in [-0.2, 0) is 0 Å². The average Bonchev–Trinajstić information content (AvgIpc) is 2.54. The van der Waals surface area contributed by atoms with Crippen molar-refractivity contribution in [2.45, 2.75) is 6.92 Å². The quantitative estimate of drug-likeness (QED) is 0.432. The monoisotopic (exact) mass is 182 g/mol. The highest BCUT2D eigenvalue weighted by Gasteiger charge is 1.92. The maximum atomic E-state index is 6.69. The van der Waals surface area contributed by atoms with Crippen molar-refractivity contribution in [1.29, 1.82) is 0 Å². The van der Waals surface area contributed by atoms with Crippen molar-refractivity contribution in [3.8, 4) is 0 Å². The van der Waals surface area contributed by atoms with E-state index in [-0.39, 0.29) is 0 Å². The molecule has 4 heteroatoms. The molecule has 0 aliphatic heterocycles. The van der Waals surface area contributed by atoms with E-state index in [0.717, 1.165) is 5.52 Å². The van der Waals surface area contributed by atoms with E-state index in [0.29, 0.717) is 0 Å². The van der Waals surface area contributed by atoms with Crippen molar-refractivity contribution < 1.29 is 4.55 Å². The normalized spacial score (nSPS) is 9.25. The number of aromatic nitrogens is 2. The number of fused-ring (bicyclic) bond motifs is 1. The summed E-state index contributed by atoms with van der Waals surface area (Å²) < 4.78 is 6.69. The molecular weight excluding hydrogens is 172 g/mol. The molecule has 0 bridgehead atoms. The van der Waals surface area contributed by atoms with E-state index >= 15 is 0 Å². The van der Waals surface area contributed by atoms with Gasteiger partial charge >= 0.3 is 0 Å². The largest absolute Gasteiger partial charge is 0.333 e. The standard InChI is InChI=1S/C8H8N2.H2OS/c1-6-2-3-7-5-9-10-8(7)4-6;1-2/h2-5H,1H3,(H,9,10);1-2H. The van der Waals surface area contributed by atoms with Gasteiger partial charge in [0.05, 0.1) is 11.7 Å². The van der Waals surface area contributed by atoms with Gasteiger partial charge in [-0.15, -0.1) is 0 Å². The number of benzene rings is 1. The fraction of sp³-hybridized carbons (Fsp3) is 0.125. The van der Waals surface area contributed by atoms with Crippen LogP contribution in [-0.4, -0.2) is 14.8 Å². The van der Waals surface area contributed by atoms with Crippen LogP contribution in [0.2, 0.25) is 0 Å². The summed E-state index contributed by atoms with van der Waals surface area (Å²) in [6.07, 6.45) is 1.83. The first-order chi connectivity index (χ1) is 5.86. The minimum atomic E-state index is 1.11. The third kappa shape index (κ3) is 1.78. The van der Waals surface area contributed by atoms with E-state index in [1.807, 2.05) is 6.20 Å². The molecule has 0 fully saturated rings. The Morgan fingerprint density at radius 1 is 1.42 bits per heavy atom. The molecule has 64 valence electrons. The van der Waals surface area contributed by atoms with Crippen LogP contribution in [0.3, 0.4) is 0 Å². The van der Waals surface area contributed by atoms with E-state index < -0.39 is 0 Å². The number of aryl methyl sites for hydroxylation is 1. The molecule has 1 aromatic heterocycles. The topological polar surface area (TPSA) is 48.9 Å². The molecule has 2 aromatic rings. The number of aromatic amines is 1. The van der Waals surface area contributed by atoms with Crippen LogP contribution in [0.25, 0.3) is 10.9 Å². The summed E-state index contributed by atoms with van der Waals surface area (Å²) in [6, 6.07) is 6.23. The zero-order valence-corrected chi connectivity index (χ0v) is 7.55. The number of hydrogen-bond acceptors (Lipinski definition) is 3. The second-order valence-corrected chi connectivity index (χ2v) is 2.46. The lowest BCUT2D eigenvalue weighted by Crippen LogP contribution is -1.70. The van der Waals surface area contributed by atoms with Crippen LogP contribution in [0.15, 0.2) is 24.4 Å². The molecule has 0 saturated carbocycles. The minimum Gasteiger partial charge on any atom is -0.333 e. The second-order valence-electron chi connectivity index (χ2n) is 2.46. The fourth-order valence-electron chi connectivity index (χ4n) is 1.05. The van der Waals surface area contributed by atoms with Gasteiger partial charge in [0.2, 0.25) is 0 Å². The fourth-order valence-corrected chi connectivity index (χ4v) is 1.05. The number of rotatable bonds is 0. The van der Waals surface area contributed by atoms with Crippen LogP contribution < -0.4 is 0 Å². The van der Waals surface area contributed by atoms with Gasteiger partial charge < -0.3 is 4.55 Å². The SMILES string of the molecule is Cc1ccc2cn[nH]c2c1.OS. The maximum absolute atomic E-state index is 6.69. The first-order valence-electron chi connectivity index (χ1n) is 3.46. The van der Waals surface area contributed by atoms with Crippen molar-refractivity contribution in [3.05, 3.63) is 30.0 Å². The summed E-state index contributed by atoms with van der Waals surface area (Å²) >= 11 is 2.53. The van der Waals surface area contributed by atoms with Gasteiger partial charge in [0.1, 0.15) is 0 Å². The molecule has 3 nitrogen and oxygen atoms in total. The molecule has 0 amide bonds. The highest BCUT2D eigenvalue weighted by Crippen LogP contribution is 2.10. The van der Waals surface area contributed by atoms with E-state index in [1.165, 1.54) is 10.9 Å². The molecule has 0 spiro atoms. The van der Waals surface area contributed by atoms with Gasteiger partial charge in [0.15, 0.2) is 0 Å². The van der Waals surface area contributed by atoms with Crippen LogP contribution >= 0.6 is 12.9 Å². The average molecular weight is 182 g/mol. The Morgan fingerprint density at radius 3 is 2.92 bits per heavy atom. The van der Waals surface area contributed by atoms with E-state index in [1.54, 1.807) is 0 Å². The lowest BCUT2D eigenvalue weighted by Gasteiger charge is -1.89. The first kappa shape index (κ1) is 9.09. The summed E-state index contributed by atoms with van der Waals surface area (Å²) in [6.45, 7) is 2.07. The molecule has 0 aliphatic rings. The van der Waals surface area contributed by atoms with Crippen molar-refractivity contribution in [3.63, 3.8) is 0 Å². The third-order valence-corrected chi connectivity index (χ3v) is 1.60. The molecule has 12 heavy (non-hydrogen) atoms. The Labute approximate surface area is 76.0 Å². The van der Waals surface area contributed by atoms with Gasteiger partial charge in [0.25, 0.3) is 0 Å². The molecular formula is C8H10N2OS. The number of nitrogens with zero attached hydrogens (tertiary/aromatic N) is 1. The van der Waals surface area contributed by atoms with Crippen molar-refractivity contribution in [2.75, 3.05) is 0 Å². The summed E-state index contributed by atoms with van der Waals surface area (Å²) in [7, 11) is 0. The van der Waals surface area contributed by atoms with Gasteiger partial charge in [-0.2, -0.15) is 5.10 Å². The summed E-state index contributed by atoms with van der Waals surface area (Å²) in [5.74, 6) is 0. The lowest BCUT2D eigenvalue weighted by atomic mass is 10.2.